The molecule has 0 aliphatic carbocycles. The lowest BCUT2D eigenvalue weighted by Gasteiger charge is -2.10. The molecule has 0 saturated carbocycles. The van der Waals surface area contributed by atoms with Gasteiger partial charge in [0.1, 0.15) is 10.6 Å². The number of carbonyl (C=O) groups is 1. The molecule has 0 saturated heterocycles. The van der Waals surface area contributed by atoms with Crippen molar-refractivity contribution in [3.05, 3.63) is 5.56 Å². The van der Waals surface area contributed by atoms with Gasteiger partial charge in [-0.2, -0.15) is 4.37 Å². The van der Waals surface area contributed by atoms with Gasteiger partial charge in [-0.3, -0.25) is 4.79 Å². The van der Waals surface area contributed by atoms with Gasteiger partial charge < -0.3 is 16.4 Å². The SMILES string of the molecule is CC(C)CCCNc1snc(N)c1C(=O)NC(C)C. The van der Waals surface area contributed by atoms with Crippen LogP contribution in [0.25, 0.3) is 0 Å². The largest absolute Gasteiger partial charge is 0.382 e. The van der Waals surface area contributed by atoms with Crippen molar-refractivity contribution in [1.82, 2.24) is 9.69 Å². The molecule has 6 heteroatoms. The number of rotatable bonds is 7. The number of nitrogen functional groups attached to an aromatic ring is 1. The molecule has 0 bridgehead atoms. The average molecular weight is 284 g/mol. The lowest BCUT2D eigenvalue weighted by atomic mass is 10.1. The molecule has 4 N–H and O–H groups in total. The highest BCUT2D eigenvalue weighted by Crippen LogP contribution is 2.26. The number of nitrogens with two attached hydrogens (primary N) is 1. The molecule has 0 radical (unpaired) electrons. The van der Waals surface area contributed by atoms with E-state index in [2.05, 4.69) is 28.9 Å². The molecule has 0 aromatic carbocycles. The van der Waals surface area contributed by atoms with Crippen molar-refractivity contribution in [3.8, 4) is 0 Å². The van der Waals surface area contributed by atoms with Crippen molar-refractivity contribution < 1.29 is 4.79 Å². The molecular weight excluding hydrogens is 260 g/mol. The fraction of sp³-hybridized carbons (Fsp3) is 0.692. The van der Waals surface area contributed by atoms with Gasteiger partial charge in [0.05, 0.1) is 0 Å². The van der Waals surface area contributed by atoms with Gasteiger partial charge in [0, 0.05) is 12.6 Å². The second-order valence-electron chi connectivity index (χ2n) is 5.36. The molecule has 19 heavy (non-hydrogen) atoms. The summed E-state index contributed by atoms with van der Waals surface area (Å²) in [5.41, 5.74) is 6.24. The average Bonchev–Trinajstić information content (AvgIpc) is 2.65. The van der Waals surface area contributed by atoms with E-state index < -0.39 is 0 Å². The Balaban J connectivity index is 2.61. The normalized spacial score (nSPS) is 11.1. The van der Waals surface area contributed by atoms with Crippen molar-refractivity contribution in [2.24, 2.45) is 5.92 Å². The molecule has 0 unspecified atom stereocenters. The number of nitrogens with one attached hydrogen (secondary N) is 2. The molecule has 0 aliphatic heterocycles. The van der Waals surface area contributed by atoms with Crippen molar-refractivity contribution in [2.75, 3.05) is 17.6 Å². The summed E-state index contributed by atoms with van der Waals surface area (Å²) < 4.78 is 4.05. The fourth-order valence-electron chi connectivity index (χ4n) is 1.69. The topological polar surface area (TPSA) is 80.0 Å². The minimum atomic E-state index is -0.160. The Kier molecular flexibility index (Phi) is 6.08. The molecule has 0 atom stereocenters. The Morgan fingerprint density at radius 1 is 1.37 bits per heavy atom. The van der Waals surface area contributed by atoms with Crippen molar-refractivity contribution in [1.29, 1.82) is 0 Å². The van der Waals surface area contributed by atoms with E-state index in [1.165, 1.54) is 11.5 Å². The summed E-state index contributed by atoms with van der Waals surface area (Å²) in [7, 11) is 0. The van der Waals surface area contributed by atoms with Crippen LogP contribution in [0.1, 0.15) is 50.9 Å². The standard InChI is InChI=1S/C13H24N4OS/c1-8(2)6-5-7-15-13-10(11(14)17-19-13)12(18)16-9(3)4/h8-9,15H,5-7H2,1-4H3,(H2,14,17)(H,16,18). The van der Waals surface area contributed by atoms with Crippen LogP contribution >= 0.6 is 11.5 Å². The zero-order chi connectivity index (χ0) is 14.4. The first-order chi connectivity index (χ1) is 8.91. The van der Waals surface area contributed by atoms with E-state index in [0.717, 1.165) is 24.4 Å². The third-order valence-electron chi connectivity index (χ3n) is 2.61. The van der Waals surface area contributed by atoms with Crippen LogP contribution in [0.5, 0.6) is 0 Å². The van der Waals surface area contributed by atoms with Gasteiger partial charge in [0.2, 0.25) is 0 Å². The van der Waals surface area contributed by atoms with Crippen LogP contribution in [0.15, 0.2) is 0 Å². The fourth-order valence-corrected chi connectivity index (χ4v) is 2.43. The van der Waals surface area contributed by atoms with E-state index in [4.69, 9.17) is 5.73 Å². The van der Waals surface area contributed by atoms with Crippen LogP contribution in [0.4, 0.5) is 10.8 Å². The summed E-state index contributed by atoms with van der Waals surface area (Å²) in [6, 6.07) is 0.0839. The molecule has 1 aromatic heterocycles. The number of nitrogens with zero attached hydrogens (tertiary/aromatic N) is 1. The van der Waals surface area contributed by atoms with Crippen molar-refractivity contribution in [2.45, 2.75) is 46.6 Å². The van der Waals surface area contributed by atoms with Crippen LogP contribution < -0.4 is 16.4 Å². The number of hydrogen-bond acceptors (Lipinski definition) is 5. The zero-order valence-electron chi connectivity index (χ0n) is 12.1. The van der Waals surface area contributed by atoms with E-state index in [0.29, 0.717) is 17.3 Å². The van der Waals surface area contributed by atoms with E-state index >= 15 is 0 Å². The number of hydrogen-bond donors (Lipinski definition) is 3. The van der Waals surface area contributed by atoms with Crippen molar-refractivity contribution in [3.63, 3.8) is 0 Å². The number of amides is 1. The number of anilines is 2. The maximum absolute atomic E-state index is 12.0. The van der Waals surface area contributed by atoms with Gasteiger partial charge in [0.25, 0.3) is 5.91 Å². The second-order valence-corrected chi connectivity index (χ2v) is 6.14. The molecular formula is C13H24N4OS. The lowest BCUT2D eigenvalue weighted by Crippen LogP contribution is -2.30. The molecule has 1 heterocycles. The maximum Gasteiger partial charge on any atom is 0.258 e. The summed E-state index contributed by atoms with van der Waals surface area (Å²) in [5, 5.41) is 6.86. The molecule has 0 aliphatic rings. The summed E-state index contributed by atoms with van der Waals surface area (Å²) in [6.07, 6.45) is 2.23. The third kappa shape index (κ3) is 5.06. The van der Waals surface area contributed by atoms with E-state index in [9.17, 15) is 4.79 Å². The first-order valence-corrected chi connectivity index (χ1v) is 7.49. The Morgan fingerprint density at radius 3 is 2.63 bits per heavy atom. The summed E-state index contributed by atoms with van der Waals surface area (Å²) in [4.78, 5) is 12.0. The smallest absolute Gasteiger partial charge is 0.258 e. The molecule has 1 aromatic rings. The minimum absolute atomic E-state index is 0.0839. The van der Waals surface area contributed by atoms with Crippen LogP contribution in [0, 0.1) is 5.92 Å². The highest BCUT2D eigenvalue weighted by Gasteiger charge is 2.19. The number of carbonyl (C=O) groups excluding carboxylic acids is 1. The minimum Gasteiger partial charge on any atom is -0.382 e. The van der Waals surface area contributed by atoms with Crippen LogP contribution in [-0.2, 0) is 0 Å². The molecule has 1 rings (SSSR count). The first-order valence-electron chi connectivity index (χ1n) is 6.71. The molecule has 1 amide bonds. The highest BCUT2D eigenvalue weighted by atomic mass is 32.1. The van der Waals surface area contributed by atoms with Crippen LogP contribution in [-0.4, -0.2) is 22.9 Å². The van der Waals surface area contributed by atoms with Crippen LogP contribution in [0.2, 0.25) is 0 Å². The van der Waals surface area contributed by atoms with E-state index in [1.807, 2.05) is 13.8 Å². The lowest BCUT2D eigenvalue weighted by molar-refractivity contribution is 0.0945. The Bertz CT molecular complexity index is 415. The second kappa shape index (κ2) is 7.33. The molecule has 0 spiro atoms. The van der Waals surface area contributed by atoms with Crippen molar-refractivity contribution >= 4 is 28.3 Å². The van der Waals surface area contributed by atoms with Gasteiger partial charge in [-0.25, -0.2) is 0 Å². The monoisotopic (exact) mass is 284 g/mol. The molecule has 5 nitrogen and oxygen atoms in total. The van der Waals surface area contributed by atoms with Gasteiger partial charge in [-0.1, -0.05) is 13.8 Å². The third-order valence-corrected chi connectivity index (χ3v) is 3.43. The Morgan fingerprint density at radius 2 is 2.05 bits per heavy atom. The van der Waals surface area contributed by atoms with Crippen LogP contribution in [0.3, 0.4) is 0 Å². The zero-order valence-corrected chi connectivity index (χ0v) is 12.9. The Hall–Kier alpha value is -1.30. The van der Waals surface area contributed by atoms with Gasteiger partial charge in [-0.15, -0.1) is 0 Å². The van der Waals surface area contributed by atoms with E-state index in [1.54, 1.807) is 0 Å². The summed E-state index contributed by atoms with van der Waals surface area (Å²) in [5.74, 6) is 0.833. The van der Waals surface area contributed by atoms with Gasteiger partial charge >= 0.3 is 0 Å². The predicted molar refractivity (Wildman–Crippen MR) is 81.7 cm³/mol. The molecule has 108 valence electrons. The number of aromatic nitrogens is 1. The highest BCUT2D eigenvalue weighted by molar-refractivity contribution is 7.11. The summed E-state index contributed by atoms with van der Waals surface area (Å²) >= 11 is 1.24. The maximum atomic E-state index is 12.0. The first kappa shape index (κ1) is 15.8. The van der Waals surface area contributed by atoms with E-state index in [-0.39, 0.29) is 11.9 Å². The van der Waals surface area contributed by atoms with Gasteiger partial charge in [0.15, 0.2) is 5.82 Å². The predicted octanol–water partition coefficient (Wildman–Crippen LogP) is 2.71. The quantitative estimate of drug-likeness (QED) is 0.673. The Labute approximate surface area is 119 Å². The molecule has 0 fully saturated rings. The summed E-state index contributed by atoms with van der Waals surface area (Å²) in [6.45, 7) is 9.08. The van der Waals surface area contributed by atoms with Gasteiger partial charge in [-0.05, 0) is 44.1 Å².